The summed E-state index contributed by atoms with van der Waals surface area (Å²) < 4.78 is 0. The minimum atomic E-state index is -0.296. The third kappa shape index (κ3) is 3.91. The summed E-state index contributed by atoms with van der Waals surface area (Å²) >= 11 is 2.72. The van der Waals surface area contributed by atoms with Crippen LogP contribution in [0.3, 0.4) is 0 Å². The first-order chi connectivity index (χ1) is 13.2. The highest BCUT2D eigenvalue weighted by atomic mass is 32.1. The fourth-order valence-electron chi connectivity index (χ4n) is 2.43. The van der Waals surface area contributed by atoms with Gasteiger partial charge in [-0.25, -0.2) is 19.9 Å². The average molecular weight is 393 g/mol. The van der Waals surface area contributed by atoms with E-state index in [4.69, 9.17) is 0 Å². The fourth-order valence-corrected chi connectivity index (χ4v) is 3.89. The van der Waals surface area contributed by atoms with Crippen molar-refractivity contribution >= 4 is 33.7 Å². The lowest BCUT2D eigenvalue weighted by Gasteiger charge is -2.00. The zero-order chi connectivity index (χ0) is 18.6. The molecular weight excluding hydrogens is 378 g/mol. The quantitative estimate of drug-likeness (QED) is 0.538. The van der Waals surface area contributed by atoms with Crippen LogP contribution in [0.4, 0.5) is 5.13 Å². The molecule has 1 amide bonds. The first-order valence-corrected chi connectivity index (χ1v) is 10.1. The van der Waals surface area contributed by atoms with E-state index in [2.05, 4.69) is 44.3 Å². The molecule has 0 aliphatic rings. The number of carbonyl (C=O) groups is 1. The van der Waals surface area contributed by atoms with E-state index in [0.29, 0.717) is 21.7 Å². The lowest BCUT2D eigenvalue weighted by atomic mass is 10.1. The summed E-state index contributed by atoms with van der Waals surface area (Å²) in [4.78, 5) is 29.6. The molecule has 0 aliphatic heterocycles. The first-order valence-electron chi connectivity index (χ1n) is 8.32. The second-order valence-electron chi connectivity index (χ2n) is 5.65. The molecule has 0 aliphatic carbocycles. The zero-order valence-corrected chi connectivity index (χ0v) is 16.0. The number of benzene rings is 1. The Bertz CT molecular complexity index is 1060. The molecule has 6 nitrogen and oxygen atoms in total. The number of carbonyl (C=O) groups excluding carboxylic acids is 1. The van der Waals surface area contributed by atoms with E-state index in [-0.39, 0.29) is 5.91 Å². The monoisotopic (exact) mass is 393 g/mol. The Hall–Kier alpha value is -2.97. The van der Waals surface area contributed by atoms with E-state index in [1.165, 1.54) is 28.2 Å². The van der Waals surface area contributed by atoms with Gasteiger partial charge in [-0.2, -0.15) is 0 Å². The highest BCUT2D eigenvalue weighted by Crippen LogP contribution is 2.26. The average Bonchev–Trinajstić information content (AvgIpc) is 3.39. The molecule has 0 saturated heterocycles. The number of hydrogen-bond acceptors (Lipinski definition) is 7. The molecule has 0 fully saturated rings. The SMILES string of the molecule is CCc1ccc(-c2csc(NC(=O)c3csc(-c4ncccn4)n3)n2)cc1. The van der Waals surface area contributed by atoms with Gasteiger partial charge in [0.1, 0.15) is 5.69 Å². The van der Waals surface area contributed by atoms with Crippen LogP contribution >= 0.6 is 22.7 Å². The second kappa shape index (κ2) is 7.73. The van der Waals surface area contributed by atoms with Crippen molar-refractivity contribution in [1.82, 2.24) is 19.9 Å². The van der Waals surface area contributed by atoms with Gasteiger partial charge in [0.25, 0.3) is 5.91 Å². The van der Waals surface area contributed by atoms with Gasteiger partial charge in [-0.05, 0) is 18.1 Å². The third-order valence-electron chi connectivity index (χ3n) is 3.88. The largest absolute Gasteiger partial charge is 0.296 e. The van der Waals surface area contributed by atoms with Crippen molar-refractivity contribution in [2.45, 2.75) is 13.3 Å². The molecule has 0 bridgehead atoms. The van der Waals surface area contributed by atoms with Crippen LogP contribution in [0.2, 0.25) is 0 Å². The molecule has 1 N–H and O–H groups in total. The zero-order valence-electron chi connectivity index (χ0n) is 14.4. The molecule has 4 rings (SSSR count). The Labute approximate surface area is 164 Å². The van der Waals surface area contributed by atoms with Gasteiger partial charge in [0.15, 0.2) is 16.0 Å². The number of rotatable bonds is 5. The van der Waals surface area contributed by atoms with Gasteiger partial charge in [0.2, 0.25) is 0 Å². The highest BCUT2D eigenvalue weighted by Gasteiger charge is 2.15. The molecule has 3 heterocycles. The molecule has 0 saturated carbocycles. The maximum atomic E-state index is 12.4. The standard InChI is InChI=1S/C19H15N5OS2/c1-2-12-4-6-13(7-5-12)14-10-27-19(23-14)24-17(25)15-11-26-18(22-15)16-20-8-3-9-21-16/h3-11H,2H2,1H3,(H,23,24,25). The third-order valence-corrected chi connectivity index (χ3v) is 5.47. The van der Waals surface area contributed by atoms with Gasteiger partial charge in [0, 0.05) is 28.7 Å². The highest BCUT2D eigenvalue weighted by molar-refractivity contribution is 7.14. The lowest BCUT2D eigenvalue weighted by Crippen LogP contribution is -2.12. The number of thiazole rings is 2. The summed E-state index contributed by atoms with van der Waals surface area (Å²) in [6.45, 7) is 2.12. The van der Waals surface area contributed by atoms with Crippen molar-refractivity contribution < 1.29 is 4.79 Å². The molecule has 0 unspecified atom stereocenters. The topological polar surface area (TPSA) is 80.7 Å². The summed E-state index contributed by atoms with van der Waals surface area (Å²) in [7, 11) is 0. The number of nitrogens with zero attached hydrogens (tertiary/aromatic N) is 4. The summed E-state index contributed by atoms with van der Waals surface area (Å²) in [5, 5.41) is 7.58. The Morgan fingerprint density at radius 3 is 2.56 bits per heavy atom. The number of nitrogens with one attached hydrogen (secondary N) is 1. The fraction of sp³-hybridized carbons (Fsp3) is 0.105. The molecular formula is C19H15N5OS2. The normalized spacial score (nSPS) is 10.7. The number of amides is 1. The molecule has 27 heavy (non-hydrogen) atoms. The predicted molar refractivity (Wildman–Crippen MR) is 108 cm³/mol. The Kier molecular flexibility index (Phi) is 4.99. The van der Waals surface area contributed by atoms with E-state index in [9.17, 15) is 4.79 Å². The van der Waals surface area contributed by atoms with E-state index in [1.54, 1.807) is 23.8 Å². The van der Waals surface area contributed by atoms with E-state index in [1.807, 2.05) is 17.5 Å². The van der Waals surface area contributed by atoms with Gasteiger partial charge in [-0.15, -0.1) is 22.7 Å². The van der Waals surface area contributed by atoms with Crippen molar-refractivity contribution in [1.29, 1.82) is 0 Å². The van der Waals surface area contributed by atoms with Crippen LogP contribution in [-0.2, 0) is 6.42 Å². The van der Waals surface area contributed by atoms with Crippen LogP contribution in [0.15, 0.2) is 53.5 Å². The van der Waals surface area contributed by atoms with Crippen LogP contribution in [0.1, 0.15) is 23.0 Å². The first kappa shape index (κ1) is 17.4. The Morgan fingerprint density at radius 2 is 1.81 bits per heavy atom. The summed E-state index contributed by atoms with van der Waals surface area (Å²) in [6.07, 6.45) is 4.30. The van der Waals surface area contributed by atoms with Crippen molar-refractivity contribution in [3.8, 4) is 22.1 Å². The van der Waals surface area contributed by atoms with Gasteiger partial charge in [-0.1, -0.05) is 31.2 Å². The van der Waals surface area contributed by atoms with Crippen LogP contribution in [0.5, 0.6) is 0 Å². The van der Waals surface area contributed by atoms with Crippen LogP contribution in [-0.4, -0.2) is 25.8 Å². The lowest BCUT2D eigenvalue weighted by molar-refractivity contribution is 0.102. The number of aryl methyl sites for hydroxylation is 1. The van der Waals surface area contributed by atoms with Crippen LogP contribution < -0.4 is 5.32 Å². The smallest absolute Gasteiger partial charge is 0.276 e. The Morgan fingerprint density at radius 1 is 1.04 bits per heavy atom. The van der Waals surface area contributed by atoms with Crippen molar-refractivity contribution in [2.75, 3.05) is 5.32 Å². The van der Waals surface area contributed by atoms with Crippen LogP contribution in [0.25, 0.3) is 22.1 Å². The summed E-state index contributed by atoms with van der Waals surface area (Å²) in [5.41, 5.74) is 3.48. The summed E-state index contributed by atoms with van der Waals surface area (Å²) in [6, 6.07) is 10.0. The number of aromatic nitrogens is 4. The van der Waals surface area contributed by atoms with E-state index in [0.717, 1.165) is 17.7 Å². The molecule has 0 radical (unpaired) electrons. The minimum absolute atomic E-state index is 0.296. The molecule has 0 atom stereocenters. The molecule has 0 spiro atoms. The molecule has 134 valence electrons. The van der Waals surface area contributed by atoms with Gasteiger partial charge in [0.05, 0.1) is 5.69 Å². The molecule has 3 aromatic heterocycles. The second-order valence-corrected chi connectivity index (χ2v) is 7.37. The van der Waals surface area contributed by atoms with Crippen molar-refractivity contribution in [3.05, 3.63) is 64.7 Å². The van der Waals surface area contributed by atoms with E-state index >= 15 is 0 Å². The number of anilines is 1. The maximum Gasteiger partial charge on any atom is 0.276 e. The van der Waals surface area contributed by atoms with Crippen LogP contribution in [0, 0.1) is 0 Å². The van der Waals surface area contributed by atoms with Crippen molar-refractivity contribution in [2.24, 2.45) is 0 Å². The van der Waals surface area contributed by atoms with Gasteiger partial charge in [-0.3, -0.25) is 10.1 Å². The predicted octanol–water partition coefficient (Wildman–Crippen LogP) is 4.54. The maximum absolute atomic E-state index is 12.4. The molecule has 4 aromatic rings. The molecule has 1 aromatic carbocycles. The van der Waals surface area contributed by atoms with Gasteiger partial charge >= 0.3 is 0 Å². The molecule has 8 heteroatoms. The Balaban J connectivity index is 1.47. The van der Waals surface area contributed by atoms with Crippen molar-refractivity contribution in [3.63, 3.8) is 0 Å². The van der Waals surface area contributed by atoms with E-state index < -0.39 is 0 Å². The van der Waals surface area contributed by atoms with Gasteiger partial charge < -0.3 is 0 Å². The minimum Gasteiger partial charge on any atom is -0.296 e. The summed E-state index contributed by atoms with van der Waals surface area (Å²) in [5.74, 6) is 0.212. The number of hydrogen-bond donors (Lipinski definition) is 1.